The summed E-state index contributed by atoms with van der Waals surface area (Å²) in [5.74, 6) is -0.599. The van der Waals surface area contributed by atoms with Crippen LogP contribution in [0.25, 0.3) is 0 Å². The topological polar surface area (TPSA) is 102 Å². The molecule has 7 heteroatoms. The zero-order valence-corrected chi connectivity index (χ0v) is 12.2. The molecule has 3 N–H and O–H groups in total. The minimum Gasteiger partial charge on any atom is -0.397 e. The molecule has 110 valence electrons. The summed E-state index contributed by atoms with van der Waals surface area (Å²) in [6.07, 6.45) is 1.44. The number of nitrogens with one attached hydrogen (secondary N) is 1. The number of nitrogens with two attached hydrogens (primary N) is 1. The average molecular weight is 305 g/mol. The third kappa shape index (κ3) is 3.19. The zero-order chi connectivity index (χ0) is 15.5. The van der Waals surface area contributed by atoms with Crippen molar-refractivity contribution in [1.82, 2.24) is 4.98 Å². The van der Waals surface area contributed by atoms with Gasteiger partial charge in [0, 0.05) is 6.20 Å². The number of nitrogen functional groups attached to an aromatic ring is 1. The van der Waals surface area contributed by atoms with E-state index >= 15 is 0 Å². The minimum atomic E-state index is -3.43. The molecule has 0 radical (unpaired) electrons. The highest BCUT2D eigenvalue weighted by molar-refractivity contribution is 7.91. The summed E-state index contributed by atoms with van der Waals surface area (Å²) in [5.41, 5.74) is 6.18. The maximum atomic E-state index is 12.2. The number of hydrogen-bond acceptors (Lipinski definition) is 5. The first-order valence-corrected chi connectivity index (χ1v) is 7.94. The van der Waals surface area contributed by atoms with Gasteiger partial charge in [0.05, 0.1) is 22.0 Å². The third-order valence-electron chi connectivity index (χ3n) is 2.90. The second-order valence-corrected chi connectivity index (χ2v) is 6.54. The number of rotatable bonds is 4. The molecule has 21 heavy (non-hydrogen) atoms. The monoisotopic (exact) mass is 305 g/mol. The molecule has 2 rings (SSSR count). The molecule has 0 spiro atoms. The lowest BCUT2D eigenvalue weighted by Gasteiger charge is -2.11. The molecule has 0 unspecified atom stereocenters. The maximum absolute atomic E-state index is 12.2. The van der Waals surface area contributed by atoms with E-state index in [-0.39, 0.29) is 27.7 Å². The summed E-state index contributed by atoms with van der Waals surface area (Å²) in [7, 11) is -3.43. The van der Waals surface area contributed by atoms with Gasteiger partial charge in [-0.15, -0.1) is 0 Å². The van der Waals surface area contributed by atoms with Crippen molar-refractivity contribution in [2.45, 2.75) is 11.8 Å². The van der Waals surface area contributed by atoms with Crippen LogP contribution in [0, 0.1) is 0 Å². The Kier molecular flexibility index (Phi) is 4.23. The van der Waals surface area contributed by atoms with Crippen LogP contribution in [0.15, 0.2) is 47.5 Å². The van der Waals surface area contributed by atoms with E-state index in [1.54, 1.807) is 31.2 Å². The Labute approximate surface area is 122 Å². The fourth-order valence-electron chi connectivity index (χ4n) is 1.79. The molecule has 0 aliphatic heterocycles. The van der Waals surface area contributed by atoms with E-state index in [9.17, 15) is 13.2 Å². The molecule has 1 aromatic carbocycles. The third-order valence-corrected chi connectivity index (χ3v) is 4.69. The molecular formula is C14H15N3O3S. The summed E-state index contributed by atoms with van der Waals surface area (Å²) < 4.78 is 24.0. The standard InChI is InChI=1S/C14H15N3O3S/c1-2-21(19,20)12-8-4-3-7-11(12)17-14(18)13-10(15)6-5-9-16-13/h3-9H,2,15H2,1H3,(H,17,18). The van der Waals surface area contributed by atoms with Crippen molar-refractivity contribution in [3.63, 3.8) is 0 Å². The van der Waals surface area contributed by atoms with Crippen molar-refractivity contribution < 1.29 is 13.2 Å². The lowest BCUT2D eigenvalue weighted by Crippen LogP contribution is -2.18. The van der Waals surface area contributed by atoms with Gasteiger partial charge in [-0.3, -0.25) is 4.79 Å². The number of carbonyl (C=O) groups is 1. The van der Waals surface area contributed by atoms with Crippen LogP contribution in [0.1, 0.15) is 17.4 Å². The predicted octanol–water partition coefficient (Wildman–Crippen LogP) is 1.71. The zero-order valence-electron chi connectivity index (χ0n) is 11.4. The number of sulfone groups is 1. The van der Waals surface area contributed by atoms with Gasteiger partial charge in [0.15, 0.2) is 15.5 Å². The number of pyridine rings is 1. The highest BCUT2D eigenvalue weighted by atomic mass is 32.2. The van der Waals surface area contributed by atoms with E-state index < -0.39 is 15.7 Å². The van der Waals surface area contributed by atoms with Crippen molar-refractivity contribution in [3.05, 3.63) is 48.3 Å². The smallest absolute Gasteiger partial charge is 0.276 e. The number of carbonyl (C=O) groups excluding carboxylic acids is 1. The number of para-hydroxylation sites is 1. The summed E-state index contributed by atoms with van der Waals surface area (Å²) in [4.78, 5) is 16.1. The van der Waals surface area contributed by atoms with Crippen LogP contribution in [0.5, 0.6) is 0 Å². The number of aromatic nitrogens is 1. The Morgan fingerprint density at radius 2 is 1.95 bits per heavy atom. The maximum Gasteiger partial charge on any atom is 0.276 e. The number of hydrogen-bond donors (Lipinski definition) is 2. The molecule has 0 atom stereocenters. The molecule has 0 saturated carbocycles. The molecule has 1 aromatic heterocycles. The van der Waals surface area contributed by atoms with Gasteiger partial charge >= 0.3 is 0 Å². The Morgan fingerprint density at radius 3 is 2.62 bits per heavy atom. The summed E-state index contributed by atoms with van der Waals surface area (Å²) in [5, 5.41) is 2.55. The fraction of sp³-hybridized carbons (Fsp3) is 0.143. The van der Waals surface area contributed by atoms with Crippen LogP contribution >= 0.6 is 0 Å². The lowest BCUT2D eigenvalue weighted by molar-refractivity contribution is 0.102. The average Bonchev–Trinajstić information content (AvgIpc) is 2.48. The molecule has 0 fully saturated rings. The van der Waals surface area contributed by atoms with Gasteiger partial charge in [-0.25, -0.2) is 13.4 Å². The Balaban J connectivity index is 2.38. The summed E-state index contributed by atoms with van der Waals surface area (Å²) in [6.45, 7) is 1.55. The largest absolute Gasteiger partial charge is 0.397 e. The van der Waals surface area contributed by atoms with Crippen LogP contribution in [-0.2, 0) is 9.84 Å². The SMILES string of the molecule is CCS(=O)(=O)c1ccccc1NC(=O)c1ncccc1N. The van der Waals surface area contributed by atoms with Crippen molar-refractivity contribution in [2.75, 3.05) is 16.8 Å². The Bertz CT molecular complexity index is 773. The molecule has 1 heterocycles. The van der Waals surface area contributed by atoms with E-state index in [2.05, 4.69) is 10.3 Å². The fourth-order valence-corrected chi connectivity index (χ4v) is 2.84. The van der Waals surface area contributed by atoms with Crippen molar-refractivity contribution in [1.29, 1.82) is 0 Å². The quantitative estimate of drug-likeness (QED) is 0.895. The van der Waals surface area contributed by atoms with Crippen LogP contribution < -0.4 is 11.1 Å². The van der Waals surface area contributed by atoms with Crippen molar-refractivity contribution in [2.24, 2.45) is 0 Å². The van der Waals surface area contributed by atoms with Crippen molar-refractivity contribution in [3.8, 4) is 0 Å². The molecule has 0 aliphatic carbocycles. The summed E-state index contributed by atoms with van der Waals surface area (Å²) in [6, 6.07) is 9.40. The Hall–Kier alpha value is -2.41. The van der Waals surface area contributed by atoms with Crippen LogP contribution in [-0.4, -0.2) is 25.1 Å². The number of nitrogens with zero attached hydrogens (tertiary/aromatic N) is 1. The summed E-state index contributed by atoms with van der Waals surface area (Å²) >= 11 is 0. The first-order chi connectivity index (χ1) is 9.95. The van der Waals surface area contributed by atoms with Gasteiger partial charge in [-0.1, -0.05) is 19.1 Å². The first kappa shape index (κ1) is 15.0. The highest BCUT2D eigenvalue weighted by Gasteiger charge is 2.19. The van der Waals surface area contributed by atoms with Gasteiger partial charge in [-0.05, 0) is 24.3 Å². The van der Waals surface area contributed by atoms with E-state index in [0.717, 1.165) is 0 Å². The molecular weight excluding hydrogens is 290 g/mol. The molecule has 0 aliphatic rings. The number of anilines is 2. The second kappa shape index (κ2) is 5.92. The first-order valence-electron chi connectivity index (χ1n) is 6.29. The molecule has 0 bridgehead atoms. The predicted molar refractivity (Wildman–Crippen MR) is 80.8 cm³/mol. The molecule has 6 nitrogen and oxygen atoms in total. The van der Waals surface area contributed by atoms with Gasteiger partial charge in [0.1, 0.15) is 0 Å². The van der Waals surface area contributed by atoms with E-state index in [0.29, 0.717) is 0 Å². The van der Waals surface area contributed by atoms with E-state index in [1.807, 2.05) is 0 Å². The van der Waals surface area contributed by atoms with Crippen molar-refractivity contribution >= 4 is 27.1 Å². The second-order valence-electron chi connectivity index (χ2n) is 4.29. The van der Waals surface area contributed by atoms with E-state index in [1.165, 1.54) is 18.3 Å². The Morgan fingerprint density at radius 1 is 1.24 bits per heavy atom. The van der Waals surface area contributed by atoms with Gasteiger partial charge in [0.2, 0.25) is 0 Å². The normalized spacial score (nSPS) is 11.1. The van der Waals surface area contributed by atoms with Gasteiger partial charge < -0.3 is 11.1 Å². The molecule has 2 aromatic rings. The van der Waals surface area contributed by atoms with Crippen LogP contribution in [0.4, 0.5) is 11.4 Å². The van der Waals surface area contributed by atoms with Crippen LogP contribution in [0.3, 0.4) is 0 Å². The minimum absolute atomic E-state index is 0.0500. The lowest BCUT2D eigenvalue weighted by atomic mass is 10.2. The van der Waals surface area contributed by atoms with E-state index in [4.69, 9.17) is 5.73 Å². The number of benzene rings is 1. The van der Waals surface area contributed by atoms with Gasteiger partial charge in [-0.2, -0.15) is 0 Å². The highest BCUT2D eigenvalue weighted by Crippen LogP contribution is 2.23. The van der Waals surface area contributed by atoms with Crippen LogP contribution in [0.2, 0.25) is 0 Å². The molecule has 0 saturated heterocycles. The van der Waals surface area contributed by atoms with Gasteiger partial charge in [0.25, 0.3) is 5.91 Å². The number of amides is 1. The molecule has 1 amide bonds.